The van der Waals surface area contributed by atoms with Gasteiger partial charge >= 0.3 is 5.97 Å². The largest absolute Gasteiger partial charge is 0.477 e. The molecule has 1 aromatic heterocycles. The third kappa shape index (κ3) is 2.61. The summed E-state index contributed by atoms with van der Waals surface area (Å²) in [5, 5.41) is 10.2. The number of anilines is 1. The molecule has 0 spiro atoms. The second kappa shape index (κ2) is 4.47. The van der Waals surface area contributed by atoms with Crippen LogP contribution in [0.15, 0.2) is 0 Å². The van der Waals surface area contributed by atoms with Crippen molar-refractivity contribution in [1.82, 2.24) is 4.98 Å². The molecule has 104 valence electrons. The second-order valence-electron chi connectivity index (χ2n) is 6.48. The van der Waals surface area contributed by atoms with Crippen LogP contribution in [-0.2, 0) is 0 Å². The maximum Gasteiger partial charge on any atom is 0.347 e. The number of nitrogens with zero attached hydrogens (tertiary/aromatic N) is 2. The van der Waals surface area contributed by atoms with E-state index in [0.29, 0.717) is 16.2 Å². The monoisotopic (exact) mass is 280 g/mol. The van der Waals surface area contributed by atoms with Gasteiger partial charge < -0.3 is 10.0 Å². The zero-order chi connectivity index (χ0) is 13.6. The van der Waals surface area contributed by atoms with Gasteiger partial charge in [-0.05, 0) is 31.1 Å². The number of aromatic nitrogens is 1. The lowest BCUT2D eigenvalue weighted by Gasteiger charge is -2.37. The minimum atomic E-state index is -0.818. The SMILES string of the molecule is CC1(C)CCCN(c2nc(C3CC3)c(C(=O)O)s2)C1. The minimum absolute atomic E-state index is 0.299. The molecule has 1 saturated carbocycles. The molecule has 1 N–H and O–H groups in total. The molecule has 0 unspecified atom stereocenters. The lowest BCUT2D eigenvalue weighted by Crippen LogP contribution is -2.40. The summed E-state index contributed by atoms with van der Waals surface area (Å²) in [6.45, 7) is 6.52. The molecule has 0 bridgehead atoms. The molecular weight excluding hydrogens is 260 g/mol. The fourth-order valence-corrected chi connectivity index (χ4v) is 3.84. The standard InChI is InChI=1S/C14H20N2O2S/c1-14(2)6-3-7-16(8-14)13-15-10(9-4-5-9)11(19-13)12(17)18/h9H,3-8H2,1-2H3,(H,17,18). The van der Waals surface area contributed by atoms with E-state index in [2.05, 4.69) is 23.7 Å². The lowest BCUT2D eigenvalue weighted by atomic mass is 9.84. The second-order valence-corrected chi connectivity index (χ2v) is 7.46. The van der Waals surface area contributed by atoms with Gasteiger partial charge in [-0.25, -0.2) is 9.78 Å². The van der Waals surface area contributed by atoms with E-state index in [0.717, 1.165) is 43.2 Å². The number of thiazole rings is 1. The molecular formula is C14H20N2O2S. The lowest BCUT2D eigenvalue weighted by molar-refractivity contribution is 0.0700. The van der Waals surface area contributed by atoms with Crippen molar-refractivity contribution in [3.63, 3.8) is 0 Å². The van der Waals surface area contributed by atoms with Crippen LogP contribution in [0.5, 0.6) is 0 Å². The quantitative estimate of drug-likeness (QED) is 0.922. The van der Waals surface area contributed by atoms with Gasteiger partial charge in [0.15, 0.2) is 5.13 Å². The molecule has 1 aliphatic carbocycles. The smallest absolute Gasteiger partial charge is 0.347 e. The van der Waals surface area contributed by atoms with Gasteiger partial charge in [0.05, 0.1) is 5.69 Å². The first-order valence-corrected chi connectivity index (χ1v) is 7.77. The third-order valence-electron chi connectivity index (χ3n) is 3.97. The molecule has 5 heteroatoms. The maximum atomic E-state index is 11.3. The zero-order valence-electron chi connectivity index (χ0n) is 11.5. The Morgan fingerprint density at radius 2 is 2.21 bits per heavy atom. The highest BCUT2D eigenvalue weighted by atomic mass is 32.1. The summed E-state index contributed by atoms with van der Waals surface area (Å²) in [7, 11) is 0. The highest BCUT2D eigenvalue weighted by Gasteiger charge is 2.34. The van der Waals surface area contributed by atoms with Crippen LogP contribution in [0.2, 0.25) is 0 Å². The number of hydrogen-bond acceptors (Lipinski definition) is 4. The van der Waals surface area contributed by atoms with Crippen LogP contribution in [-0.4, -0.2) is 29.1 Å². The Hall–Kier alpha value is -1.10. The Kier molecular flexibility index (Phi) is 3.04. The number of carbonyl (C=O) groups is 1. The summed E-state index contributed by atoms with van der Waals surface area (Å²) in [6.07, 6.45) is 4.58. The van der Waals surface area contributed by atoms with E-state index in [1.165, 1.54) is 17.8 Å². The molecule has 1 aliphatic heterocycles. The van der Waals surface area contributed by atoms with Crippen molar-refractivity contribution in [3.8, 4) is 0 Å². The van der Waals surface area contributed by atoms with Crippen LogP contribution < -0.4 is 4.90 Å². The molecule has 0 radical (unpaired) electrons. The van der Waals surface area contributed by atoms with Gasteiger partial charge in [-0.2, -0.15) is 0 Å². The van der Waals surface area contributed by atoms with Crippen molar-refractivity contribution < 1.29 is 9.90 Å². The van der Waals surface area contributed by atoms with Crippen LogP contribution in [0.3, 0.4) is 0 Å². The summed E-state index contributed by atoms with van der Waals surface area (Å²) in [6, 6.07) is 0. The average molecular weight is 280 g/mol. The van der Waals surface area contributed by atoms with Crippen molar-refractivity contribution >= 4 is 22.4 Å². The third-order valence-corrected chi connectivity index (χ3v) is 5.09. The fraction of sp³-hybridized carbons (Fsp3) is 0.714. The minimum Gasteiger partial charge on any atom is -0.477 e. The number of rotatable bonds is 3. The number of hydrogen-bond donors (Lipinski definition) is 1. The number of carboxylic acids is 1. The van der Waals surface area contributed by atoms with Gasteiger partial charge in [-0.1, -0.05) is 25.2 Å². The summed E-state index contributed by atoms with van der Waals surface area (Å²) in [5.74, 6) is -0.421. The Bertz CT molecular complexity index is 506. The van der Waals surface area contributed by atoms with E-state index < -0.39 is 5.97 Å². The van der Waals surface area contributed by atoms with Gasteiger partial charge in [0.2, 0.25) is 0 Å². The summed E-state index contributed by atoms with van der Waals surface area (Å²) >= 11 is 1.36. The molecule has 1 aromatic rings. The number of carboxylic acid groups (broad SMARTS) is 1. The van der Waals surface area contributed by atoms with Crippen LogP contribution in [0.1, 0.15) is 60.8 Å². The molecule has 4 nitrogen and oxygen atoms in total. The Labute approximate surface area is 117 Å². The topological polar surface area (TPSA) is 53.4 Å². The van der Waals surface area contributed by atoms with Gasteiger partial charge in [0.25, 0.3) is 0 Å². The molecule has 2 fully saturated rings. The van der Waals surface area contributed by atoms with Gasteiger partial charge in [-0.3, -0.25) is 0 Å². The fourth-order valence-electron chi connectivity index (χ4n) is 2.83. The van der Waals surface area contributed by atoms with Crippen molar-refractivity contribution in [3.05, 3.63) is 10.6 Å². The van der Waals surface area contributed by atoms with Crippen LogP contribution in [0.4, 0.5) is 5.13 Å². The van der Waals surface area contributed by atoms with E-state index in [-0.39, 0.29) is 0 Å². The van der Waals surface area contributed by atoms with Crippen LogP contribution in [0.25, 0.3) is 0 Å². The van der Waals surface area contributed by atoms with E-state index in [1.54, 1.807) is 0 Å². The van der Waals surface area contributed by atoms with Crippen LogP contribution in [0, 0.1) is 5.41 Å². The zero-order valence-corrected chi connectivity index (χ0v) is 12.3. The molecule has 2 aliphatic rings. The summed E-state index contributed by atoms with van der Waals surface area (Å²) < 4.78 is 0. The first-order chi connectivity index (χ1) is 8.96. The molecule has 0 aromatic carbocycles. The number of aromatic carboxylic acids is 1. The predicted octanol–water partition coefficient (Wildman–Crippen LogP) is 3.35. The van der Waals surface area contributed by atoms with Crippen LogP contribution >= 0.6 is 11.3 Å². The maximum absolute atomic E-state index is 11.3. The van der Waals surface area contributed by atoms with E-state index in [4.69, 9.17) is 0 Å². The Morgan fingerprint density at radius 3 is 2.79 bits per heavy atom. The van der Waals surface area contributed by atoms with Gasteiger partial charge in [0, 0.05) is 19.0 Å². The van der Waals surface area contributed by atoms with E-state index in [1.807, 2.05) is 0 Å². The molecule has 0 amide bonds. The van der Waals surface area contributed by atoms with E-state index in [9.17, 15) is 9.90 Å². The molecule has 3 rings (SSSR count). The van der Waals surface area contributed by atoms with Gasteiger partial charge in [-0.15, -0.1) is 0 Å². The molecule has 1 saturated heterocycles. The van der Waals surface area contributed by atoms with Gasteiger partial charge in [0.1, 0.15) is 4.88 Å². The van der Waals surface area contributed by atoms with Crippen molar-refractivity contribution in [1.29, 1.82) is 0 Å². The summed E-state index contributed by atoms with van der Waals surface area (Å²) in [4.78, 5) is 18.7. The van der Waals surface area contributed by atoms with Crippen molar-refractivity contribution in [2.24, 2.45) is 5.41 Å². The molecule has 19 heavy (non-hydrogen) atoms. The van der Waals surface area contributed by atoms with Crippen molar-refractivity contribution in [2.75, 3.05) is 18.0 Å². The Morgan fingerprint density at radius 1 is 1.47 bits per heavy atom. The highest BCUT2D eigenvalue weighted by molar-refractivity contribution is 7.17. The highest BCUT2D eigenvalue weighted by Crippen LogP contribution is 2.45. The normalized spacial score (nSPS) is 22.5. The molecule has 0 atom stereocenters. The first kappa shape index (κ1) is 12.9. The number of piperidine rings is 1. The predicted molar refractivity (Wildman–Crippen MR) is 76.3 cm³/mol. The first-order valence-electron chi connectivity index (χ1n) is 6.95. The van der Waals surface area contributed by atoms with E-state index >= 15 is 0 Å². The molecule has 2 heterocycles. The average Bonchev–Trinajstić information content (AvgIpc) is 3.06. The van der Waals surface area contributed by atoms with Crippen molar-refractivity contribution in [2.45, 2.75) is 45.4 Å². The Balaban J connectivity index is 1.88. The summed E-state index contributed by atoms with van der Waals surface area (Å²) in [5.41, 5.74) is 1.13.